The lowest BCUT2D eigenvalue weighted by molar-refractivity contribution is -0.134. The summed E-state index contributed by atoms with van der Waals surface area (Å²) in [4.78, 5) is 30.1. The molecule has 0 N–H and O–H groups in total. The topological polar surface area (TPSA) is 80.7 Å². The van der Waals surface area contributed by atoms with E-state index in [0.29, 0.717) is 12.2 Å². The quantitative estimate of drug-likeness (QED) is 0.493. The number of hydrazone groups is 1. The predicted octanol–water partition coefficient (Wildman–Crippen LogP) is 3.81. The summed E-state index contributed by atoms with van der Waals surface area (Å²) in [5.41, 5.74) is 2.65. The highest BCUT2D eigenvalue weighted by atomic mass is 19.1. The van der Waals surface area contributed by atoms with Gasteiger partial charge in [0, 0.05) is 12.5 Å². The Kier molecular flexibility index (Phi) is 4.89. The van der Waals surface area contributed by atoms with Gasteiger partial charge < -0.3 is 4.42 Å². The first kappa shape index (κ1) is 19.9. The van der Waals surface area contributed by atoms with Crippen molar-refractivity contribution in [3.05, 3.63) is 100 Å². The fourth-order valence-corrected chi connectivity index (χ4v) is 3.83. The van der Waals surface area contributed by atoms with Crippen LogP contribution in [-0.4, -0.2) is 26.2 Å². The van der Waals surface area contributed by atoms with Crippen molar-refractivity contribution in [2.24, 2.45) is 5.10 Å². The van der Waals surface area contributed by atoms with Gasteiger partial charge in [-0.2, -0.15) is 5.10 Å². The van der Waals surface area contributed by atoms with Crippen molar-refractivity contribution in [2.45, 2.75) is 25.9 Å². The fourth-order valence-electron chi connectivity index (χ4n) is 3.83. The van der Waals surface area contributed by atoms with Crippen molar-refractivity contribution in [3.63, 3.8) is 0 Å². The van der Waals surface area contributed by atoms with Crippen molar-refractivity contribution in [3.8, 4) is 0 Å². The number of aromatic nitrogens is 2. The molecule has 0 radical (unpaired) electrons. The second-order valence-electron chi connectivity index (χ2n) is 7.73. The molecule has 2 aromatic heterocycles. The maximum Gasteiger partial charge on any atom is 0.263 e. The highest BCUT2D eigenvalue weighted by Crippen LogP contribution is 2.33. The van der Waals surface area contributed by atoms with Crippen molar-refractivity contribution in [1.29, 1.82) is 0 Å². The molecule has 1 atom stereocenters. The van der Waals surface area contributed by atoms with Crippen LogP contribution in [0.2, 0.25) is 0 Å². The van der Waals surface area contributed by atoms with Gasteiger partial charge in [-0.3, -0.25) is 14.2 Å². The molecular weight excluding hydrogens is 411 g/mol. The molecule has 5 rings (SSSR count). The number of carbonyl (C=O) groups is 1. The Labute approximate surface area is 182 Å². The second kappa shape index (κ2) is 7.88. The summed E-state index contributed by atoms with van der Waals surface area (Å²) in [7, 11) is 0. The van der Waals surface area contributed by atoms with E-state index in [9.17, 15) is 14.0 Å². The van der Waals surface area contributed by atoms with Gasteiger partial charge in [0.15, 0.2) is 0 Å². The first-order valence-corrected chi connectivity index (χ1v) is 10.1. The van der Waals surface area contributed by atoms with Gasteiger partial charge in [-0.15, -0.1) is 0 Å². The SMILES string of the molecule is Cc1ccc(C2=NN(C(=O)Cn3cnc4cc(F)ccc4c3=O)[C@@H](c3ccco3)C2)cc1. The van der Waals surface area contributed by atoms with Crippen LogP contribution in [0.5, 0.6) is 0 Å². The van der Waals surface area contributed by atoms with E-state index >= 15 is 0 Å². The smallest absolute Gasteiger partial charge is 0.263 e. The molecule has 8 heteroatoms. The molecule has 4 aromatic rings. The van der Waals surface area contributed by atoms with Crippen LogP contribution in [0.4, 0.5) is 4.39 Å². The van der Waals surface area contributed by atoms with Crippen molar-refractivity contribution >= 4 is 22.5 Å². The average molecular weight is 430 g/mol. The highest BCUT2D eigenvalue weighted by molar-refractivity contribution is 6.03. The summed E-state index contributed by atoms with van der Waals surface area (Å²) in [6.07, 6.45) is 3.30. The third-order valence-electron chi connectivity index (χ3n) is 5.52. The number of halogens is 1. The molecule has 0 aliphatic carbocycles. The summed E-state index contributed by atoms with van der Waals surface area (Å²) >= 11 is 0. The number of furan rings is 1. The molecule has 3 heterocycles. The van der Waals surface area contributed by atoms with E-state index in [2.05, 4.69) is 10.1 Å². The van der Waals surface area contributed by atoms with Crippen LogP contribution in [0.3, 0.4) is 0 Å². The van der Waals surface area contributed by atoms with Gasteiger partial charge in [-0.25, -0.2) is 14.4 Å². The number of benzene rings is 2. The molecule has 0 spiro atoms. The first-order valence-electron chi connectivity index (χ1n) is 10.1. The molecule has 32 heavy (non-hydrogen) atoms. The number of hydrogen-bond acceptors (Lipinski definition) is 5. The van der Waals surface area contributed by atoms with Crippen LogP contribution < -0.4 is 5.56 Å². The molecule has 1 aliphatic heterocycles. The zero-order chi connectivity index (χ0) is 22.2. The van der Waals surface area contributed by atoms with Gasteiger partial charge in [-0.1, -0.05) is 29.8 Å². The molecule has 0 saturated heterocycles. The summed E-state index contributed by atoms with van der Waals surface area (Å²) in [6, 6.07) is 14.8. The number of aryl methyl sites for hydroxylation is 1. The number of fused-ring (bicyclic) bond motifs is 1. The lowest BCUT2D eigenvalue weighted by atomic mass is 10.0. The minimum absolute atomic E-state index is 0.244. The van der Waals surface area contributed by atoms with Gasteiger partial charge in [-0.05, 0) is 36.8 Å². The maximum absolute atomic E-state index is 13.4. The van der Waals surface area contributed by atoms with Crippen LogP contribution in [-0.2, 0) is 11.3 Å². The third-order valence-corrected chi connectivity index (χ3v) is 5.52. The summed E-state index contributed by atoms with van der Waals surface area (Å²) in [5.74, 6) is -0.239. The minimum atomic E-state index is -0.477. The number of rotatable bonds is 4. The highest BCUT2D eigenvalue weighted by Gasteiger charge is 2.35. The second-order valence-corrected chi connectivity index (χ2v) is 7.73. The molecule has 1 amide bonds. The Morgan fingerprint density at radius 2 is 2.00 bits per heavy atom. The van der Waals surface area contributed by atoms with Gasteiger partial charge in [0.25, 0.3) is 11.5 Å². The molecular formula is C24H19FN4O3. The number of carbonyl (C=O) groups excluding carboxylic acids is 1. The zero-order valence-electron chi connectivity index (χ0n) is 17.2. The van der Waals surface area contributed by atoms with Gasteiger partial charge >= 0.3 is 0 Å². The number of nitrogens with zero attached hydrogens (tertiary/aromatic N) is 4. The normalized spacial score (nSPS) is 15.9. The number of amides is 1. The molecule has 7 nitrogen and oxygen atoms in total. The van der Waals surface area contributed by atoms with Gasteiger partial charge in [0.2, 0.25) is 0 Å². The monoisotopic (exact) mass is 430 g/mol. The lowest BCUT2D eigenvalue weighted by Crippen LogP contribution is -2.34. The van der Waals surface area contributed by atoms with E-state index < -0.39 is 17.4 Å². The molecule has 160 valence electrons. The molecule has 0 bridgehead atoms. The fraction of sp³-hybridized carbons (Fsp3) is 0.167. The third kappa shape index (κ3) is 3.60. The Bertz CT molecular complexity index is 1390. The Balaban J connectivity index is 1.48. The molecule has 0 saturated carbocycles. The zero-order valence-corrected chi connectivity index (χ0v) is 17.2. The largest absolute Gasteiger partial charge is 0.467 e. The molecule has 1 aliphatic rings. The maximum atomic E-state index is 13.4. The predicted molar refractivity (Wildman–Crippen MR) is 117 cm³/mol. The van der Waals surface area contributed by atoms with E-state index in [0.717, 1.165) is 16.8 Å². The van der Waals surface area contributed by atoms with Crippen molar-refractivity contribution in [2.75, 3.05) is 0 Å². The van der Waals surface area contributed by atoms with Crippen LogP contribution in [0.1, 0.15) is 29.3 Å². The van der Waals surface area contributed by atoms with Crippen molar-refractivity contribution in [1.82, 2.24) is 14.6 Å². The summed E-state index contributed by atoms with van der Waals surface area (Å²) in [6.45, 7) is 1.76. The van der Waals surface area contributed by atoms with E-state index in [-0.39, 0.29) is 23.4 Å². The lowest BCUT2D eigenvalue weighted by Gasteiger charge is -2.20. The minimum Gasteiger partial charge on any atom is -0.467 e. The van der Waals surface area contributed by atoms with Crippen LogP contribution in [0.25, 0.3) is 10.9 Å². The van der Waals surface area contributed by atoms with Crippen LogP contribution >= 0.6 is 0 Å². The van der Waals surface area contributed by atoms with E-state index in [1.165, 1.54) is 34.1 Å². The summed E-state index contributed by atoms with van der Waals surface area (Å²) < 4.78 is 20.2. The number of hydrogen-bond donors (Lipinski definition) is 0. The Morgan fingerprint density at radius 3 is 2.75 bits per heavy atom. The van der Waals surface area contributed by atoms with E-state index in [1.807, 2.05) is 31.2 Å². The summed E-state index contributed by atoms with van der Waals surface area (Å²) in [5, 5.41) is 6.20. The van der Waals surface area contributed by atoms with E-state index in [4.69, 9.17) is 4.42 Å². The Hall–Kier alpha value is -4.07. The van der Waals surface area contributed by atoms with Gasteiger partial charge in [0.05, 0.1) is 29.2 Å². The first-order chi connectivity index (χ1) is 15.5. The average Bonchev–Trinajstić information content (AvgIpc) is 3.46. The molecule has 0 unspecified atom stereocenters. The Morgan fingerprint density at radius 1 is 1.19 bits per heavy atom. The molecule has 0 fully saturated rings. The van der Waals surface area contributed by atoms with Crippen molar-refractivity contribution < 1.29 is 13.6 Å². The van der Waals surface area contributed by atoms with Crippen LogP contribution in [0, 0.1) is 12.7 Å². The standard InChI is InChI=1S/C24H19FN4O3/c1-15-4-6-16(7-5-15)19-12-21(22-3-2-10-32-22)29(27-19)23(30)13-28-14-26-20-11-17(25)8-9-18(20)24(28)31/h2-11,14,21H,12-13H2,1H3/t21-/m1/s1. The van der Waals surface area contributed by atoms with Gasteiger partial charge in [0.1, 0.15) is 24.2 Å². The van der Waals surface area contributed by atoms with E-state index in [1.54, 1.807) is 18.4 Å². The molecule has 2 aromatic carbocycles. The van der Waals surface area contributed by atoms with Crippen LogP contribution in [0.15, 0.2) is 81.5 Å².